The Morgan fingerprint density at radius 2 is 1.84 bits per heavy atom. The molecule has 1 aliphatic rings. The minimum Gasteiger partial charge on any atom is -0.336 e. The maximum absolute atomic E-state index is 12.5. The molecule has 1 saturated carbocycles. The number of amides is 1. The average Bonchev–Trinajstić information content (AvgIpc) is 2.93. The van der Waals surface area contributed by atoms with Crippen molar-refractivity contribution >= 4 is 18.3 Å². The van der Waals surface area contributed by atoms with Gasteiger partial charge in [-0.15, -0.1) is 12.4 Å². The van der Waals surface area contributed by atoms with Gasteiger partial charge in [0.15, 0.2) is 0 Å². The molecule has 2 N–H and O–H groups in total. The zero-order chi connectivity index (χ0) is 13.0. The highest BCUT2D eigenvalue weighted by atomic mass is 35.5. The Hall–Kier alpha value is -1.06. The third-order valence-electron chi connectivity index (χ3n) is 3.80. The van der Waals surface area contributed by atoms with Gasteiger partial charge in [-0.25, -0.2) is 0 Å². The van der Waals surface area contributed by atoms with Gasteiger partial charge < -0.3 is 10.6 Å². The van der Waals surface area contributed by atoms with Crippen molar-refractivity contribution in [2.24, 2.45) is 5.73 Å². The van der Waals surface area contributed by atoms with Crippen molar-refractivity contribution in [1.29, 1.82) is 0 Å². The molecule has 0 radical (unpaired) electrons. The first kappa shape index (κ1) is 16.0. The van der Waals surface area contributed by atoms with Gasteiger partial charge in [0.2, 0.25) is 0 Å². The number of carbonyl (C=O) groups excluding carboxylic acids is 1. The second-order valence-corrected chi connectivity index (χ2v) is 4.93. The SMILES string of the molecule is CCN(C(=O)c1ccc(CN)cc1)C1CCCC1.Cl. The zero-order valence-corrected chi connectivity index (χ0v) is 12.3. The molecule has 0 saturated heterocycles. The van der Waals surface area contributed by atoms with E-state index in [4.69, 9.17) is 5.73 Å². The van der Waals surface area contributed by atoms with E-state index in [1.165, 1.54) is 12.8 Å². The normalized spacial score (nSPS) is 15.1. The molecule has 1 aromatic carbocycles. The summed E-state index contributed by atoms with van der Waals surface area (Å²) in [5.74, 6) is 0.160. The van der Waals surface area contributed by atoms with E-state index in [0.717, 1.165) is 30.5 Å². The Balaban J connectivity index is 0.00000180. The molecule has 106 valence electrons. The second-order valence-electron chi connectivity index (χ2n) is 4.93. The summed E-state index contributed by atoms with van der Waals surface area (Å²) in [6.07, 6.45) is 4.81. The number of carbonyl (C=O) groups is 1. The summed E-state index contributed by atoms with van der Waals surface area (Å²) in [7, 11) is 0. The van der Waals surface area contributed by atoms with E-state index in [0.29, 0.717) is 12.6 Å². The van der Waals surface area contributed by atoms with Gasteiger partial charge in [0.05, 0.1) is 0 Å². The van der Waals surface area contributed by atoms with Gasteiger partial charge in [0.1, 0.15) is 0 Å². The van der Waals surface area contributed by atoms with Crippen LogP contribution >= 0.6 is 12.4 Å². The Kier molecular flexibility index (Phi) is 6.32. The van der Waals surface area contributed by atoms with E-state index in [-0.39, 0.29) is 18.3 Å². The van der Waals surface area contributed by atoms with Gasteiger partial charge in [-0.3, -0.25) is 4.79 Å². The highest BCUT2D eigenvalue weighted by molar-refractivity contribution is 5.94. The first-order valence-corrected chi connectivity index (χ1v) is 6.86. The summed E-state index contributed by atoms with van der Waals surface area (Å²) in [6, 6.07) is 8.10. The van der Waals surface area contributed by atoms with Crippen LogP contribution in [0.25, 0.3) is 0 Å². The van der Waals surface area contributed by atoms with Crippen LogP contribution < -0.4 is 5.73 Å². The molecule has 1 aliphatic carbocycles. The van der Waals surface area contributed by atoms with Gasteiger partial charge in [-0.1, -0.05) is 25.0 Å². The van der Waals surface area contributed by atoms with E-state index < -0.39 is 0 Å². The number of benzene rings is 1. The van der Waals surface area contributed by atoms with E-state index in [1.54, 1.807) is 0 Å². The molecular formula is C15H23ClN2O. The monoisotopic (exact) mass is 282 g/mol. The van der Waals surface area contributed by atoms with Crippen molar-refractivity contribution in [2.75, 3.05) is 6.54 Å². The van der Waals surface area contributed by atoms with Gasteiger partial charge in [0, 0.05) is 24.7 Å². The lowest BCUT2D eigenvalue weighted by molar-refractivity contribution is 0.0693. The van der Waals surface area contributed by atoms with Crippen molar-refractivity contribution < 1.29 is 4.79 Å². The van der Waals surface area contributed by atoms with Gasteiger partial charge >= 0.3 is 0 Å². The average molecular weight is 283 g/mol. The van der Waals surface area contributed by atoms with Crippen LogP contribution in [0.3, 0.4) is 0 Å². The number of nitrogens with zero attached hydrogens (tertiary/aromatic N) is 1. The van der Waals surface area contributed by atoms with Gasteiger partial charge in [-0.05, 0) is 37.5 Å². The maximum atomic E-state index is 12.5. The summed E-state index contributed by atoms with van der Waals surface area (Å²) in [5.41, 5.74) is 7.41. The molecule has 0 heterocycles. The first-order valence-electron chi connectivity index (χ1n) is 6.86. The summed E-state index contributed by atoms with van der Waals surface area (Å²) in [4.78, 5) is 14.5. The highest BCUT2D eigenvalue weighted by Gasteiger charge is 2.25. The lowest BCUT2D eigenvalue weighted by Crippen LogP contribution is -2.38. The third kappa shape index (κ3) is 3.71. The molecule has 19 heavy (non-hydrogen) atoms. The summed E-state index contributed by atoms with van der Waals surface area (Å²) in [5, 5.41) is 0. The van der Waals surface area contributed by atoms with Crippen LogP contribution in [-0.2, 0) is 6.54 Å². The largest absolute Gasteiger partial charge is 0.336 e. The molecule has 2 rings (SSSR count). The van der Waals surface area contributed by atoms with E-state index in [9.17, 15) is 4.79 Å². The number of halogens is 1. The Morgan fingerprint density at radius 1 is 1.26 bits per heavy atom. The molecule has 0 unspecified atom stereocenters. The molecule has 1 fully saturated rings. The van der Waals surface area contributed by atoms with Crippen molar-refractivity contribution in [3.63, 3.8) is 0 Å². The van der Waals surface area contributed by atoms with Crippen LogP contribution in [0.4, 0.5) is 0 Å². The summed E-state index contributed by atoms with van der Waals surface area (Å²) in [6.45, 7) is 3.38. The fraction of sp³-hybridized carbons (Fsp3) is 0.533. The van der Waals surface area contributed by atoms with Crippen LogP contribution in [-0.4, -0.2) is 23.4 Å². The summed E-state index contributed by atoms with van der Waals surface area (Å²) < 4.78 is 0. The first-order chi connectivity index (χ1) is 8.76. The molecule has 0 aliphatic heterocycles. The van der Waals surface area contributed by atoms with Gasteiger partial charge in [0.25, 0.3) is 5.91 Å². The quantitative estimate of drug-likeness (QED) is 0.923. The van der Waals surface area contributed by atoms with E-state index >= 15 is 0 Å². The molecule has 1 aromatic rings. The number of hydrogen-bond acceptors (Lipinski definition) is 2. The number of nitrogens with two attached hydrogens (primary N) is 1. The molecule has 0 spiro atoms. The Bertz CT molecular complexity index is 399. The van der Waals surface area contributed by atoms with Crippen molar-refractivity contribution in [2.45, 2.75) is 45.2 Å². The third-order valence-corrected chi connectivity index (χ3v) is 3.80. The van der Waals surface area contributed by atoms with Crippen LogP contribution in [0, 0.1) is 0 Å². The second kappa shape index (κ2) is 7.51. The molecular weight excluding hydrogens is 260 g/mol. The zero-order valence-electron chi connectivity index (χ0n) is 11.5. The van der Waals surface area contributed by atoms with Gasteiger partial charge in [-0.2, -0.15) is 0 Å². The fourth-order valence-electron chi connectivity index (χ4n) is 2.73. The smallest absolute Gasteiger partial charge is 0.254 e. The molecule has 1 amide bonds. The lowest BCUT2D eigenvalue weighted by atomic mass is 10.1. The number of hydrogen-bond donors (Lipinski definition) is 1. The Labute approximate surface area is 121 Å². The summed E-state index contributed by atoms with van der Waals surface area (Å²) >= 11 is 0. The van der Waals surface area contributed by atoms with E-state index in [1.807, 2.05) is 29.2 Å². The van der Waals surface area contributed by atoms with Crippen LogP contribution in [0.15, 0.2) is 24.3 Å². The van der Waals surface area contributed by atoms with Crippen molar-refractivity contribution in [1.82, 2.24) is 4.90 Å². The molecule has 0 atom stereocenters. The molecule has 0 bridgehead atoms. The highest BCUT2D eigenvalue weighted by Crippen LogP contribution is 2.24. The topological polar surface area (TPSA) is 46.3 Å². The Morgan fingerprint density at radius 3 is 2.32 bits per heavy atom. The standard InChI is InChI=1S/C15H22N2O.ClH/c1-2-17(14-5-3-4-6-14)15(18)13-9-7-12(11-16)8-10-13;/h7-10,14H,2-6,11,16H2,1H3;1H. The van der Waals surface area contributed by atoms with E-state index in [2.05, 4.69) is 6.92 Å². The maximum Gasteiger partial charge on any atom is 0.254 e. The fourth-order valence-corrected chi connectivity index (χ4v) is 2.73. The minimum atomic E-state index is 0. The lowest BCUT2D eigenvalue weighted by Gasteiger charge is -2.27. The number of rotatable bonds is 4. The van der Waals surface area contributed by atoms with Crippen LogP contribution in [0.2, 0.25) is 0 Å². The molecule has 3 nitrogen and oxygen atoms in total. The van der Waals surface area contributed by atoms with Crippen LogP contribution in [0.1, 0.15) is 48.5 Å². The molecule has 0 aromatic heterocycles. The minimum absolute atomic E-state index is 0. The predicted molar refractivity (Wildman–Crippen MR) is 80.5 cm³/mol. The van der Waals surface area contributed by atoms with Crippen molar-refractivity contribution in [3.05, 3.63) is 35.4 Å². The van der Waals surface area contributed by atoms with Crippen molar-refractivity contribution in [3.8, 4) is 0 Å². The molecule has 4 heteroatoms. The van der Waals surface area contributed by atoms with Crippen LogP contribution in [0.5, 0.6) is 0 Å². The predicted octanol–water partition coefficient (Wildman–Crippen LogP) is 2.97.